The Morgan fingerprint density at radius 3 is 2.69 bits per heavy atom. The van der Waals surface area contributed by atoms with Crippen molar-refractivity contribution >= 4 is 46.0 Å². The Labute approximate surface area is 108 Å². The number of hydrogen-bond acceptors (Lipinski definition) is 3. The van der Waals surface area contributed by atoms with Crippen LogP contribution >= 0.6 is 34.7 Å². The number of benzene rings is 1. The summed E-state index contributed by atoms with van der Waals surface area (Å²) in [4.78, 5) is 4.30. The van der Waals surface area contributed by atoms with Crippen molar-refractivity contribution in [3.8, 4) is 0 Å². The van der Waals surface area contributed by atoms with Gasteiger partial charge in [-0.15, -0.1) is 0 Å². The van der Waals surface area contributed by atoms with E-state index >= 15 is 0 Å². The van der Waals surface area contributed by atoms with Crippen molar-refractivity contribution in [3.63, 3.8) is 0 Å². The Hall–Kier alpha value is -0.900. The minimum Gasteiger partial charge on any atom is -0.244 e. The molecule has 0 aliphatic carbocycles. The molecule has 0 aliphatic rings. The number of aryl methyl sites for hydroxylation is 1. The molecule has 0 aliphatic heterocycles. The highest BCUT2D eigenvalue weighted by molar-refractivity contribution is 7.09. The average molecular weight is 271 g/mol. The van der Waals surface area contributed by atoms with Gasteiger partial charge in [-0.3, -0.25) is 0 Å². The van der Waals surface area contributed by atoms with Crippen LogP contribution in [-0.4, -0.2) is 10.6 Å². The van der Waals surface area contributed by atoms with Gasteiger partial charge in [-0.2, -0.15) is 4.37 Å². The Morgan fingerprint density at radius 1 is 1.25 bits per heavy atom. The van der Waals surface area contributed by atoms with Gasteiger partial charge in [-0.25, -0.2) is 4.99 Å². The number of nitrogens with zero attached hydrogens (tertiary/aromatic N) is 2. The molecule has 2 aromatic rings. The molecule has 2 rings (SSSR count). The normalized spacial score (nSPS) is 11.2. The Kier molecular flexibility index (Phi) is 3.59. The van der Waals surface area contributed by atoms with Gasteiger partial charge in [0.25, 0.3) is 0 Å². The molecule has 0 radical (unpaired) electrons. The van der Waals surface area contributed by atoms with E-state index in [-0.39, 0.29) is 0 Å². The summed E-state index contributed by atoms with van der Waals surface area (Å²) in [6.45, 7) is 1.94. The van der Waals surface area contributed by atoms with Crippen LogP contribution in [0.4, 0.5) is 5.00 Å². The maximum absolute atomic E-state index is 5.90. The van der Waals surface area contributed by atoms with Gasteiger partial charge in [0, 0.05) is 6.21 Å². The van der Waals surface area contributed by atoms with E-state index < -0.39 is 0 Å². The molecule has 0 N–H and O–H groups in total. The lowest BCUT2D eigenvalue weighted by Crippen LogP contribution is -1.79. The molecule has 0 amide bonds. The van der Waals surface area contributed by atoms with Gasteiger partial charge in [0.15, 0.2) is 0 Å². The lowest BCUT2D eigenvalue weighted by atomic mass is 10.2. The fourth-order valence-electron chi connectivity index (χ4n) is 1.14. The molecule has 1 aromatic carbocycles. The summed E-state index contributed by atoms with van der Waals surface area (Å²) in [6, 6.07) is 7.33. The molecule has 0 fully saturated rings. The van der Waals surface area contributed by atoms with Crippen molar-refractivity contribution in [2.45, 2.75) is 6.92 Å². The highest BCUT2D eigenvalue weighted by atomic mass is 35.5. The fourth-order valence-corrected chi connectivity index (χ4v) is 2.06. The zero-order valence-corrected chi connectivity index (χ0v) is 10.8. The van der Waals surface area contributed by atoms with E-state index in [1.807, 2.05) is 19.1 Å². The standard InChI is InChI=1S/C11H8Cl2N2S/c1-7-4-11(16-15-7)14-6-8-2-3-9(12)10(13)5-8/h2-6H,1H3/b14-6+. The zero-order valence-electron chi connectivity index (χ0n) is 8.45. The molecular weight excluding hydrogens is 263 g/mol. The minimum atomic E-state index is 0.533. The van der Waals surface area contributed by atoms with E-state index in [0.717, 1.165) is 16.3 Å². The van der Waals surface area contributed by atoms with Crippen molar-refractivity contribution in [1.82, 2.24) is 4.37 Å². The first-order chi connectivity index (χ1) is 7.65. The molecule has 0 unspecified atom stereocenters. The maximum atomic E-state index is 5.90. The summed E-state index contributed by atoms with van der Waals surface area (Å²) >= 11 is 13.1. The quantitative estimate of drug-likeness (QED) is 0.738. The van der Waals surface area contributed by atoms with E-state index in [1.165, 1.54) is 11.5 Å². The van der Waals surface area contributed by atoms with Crippen LogP contribution in [0.15, 0.2) is 29.3 Å². The molecule has 0 bridgehead atoms. The van der Waals surface area contributed by atoms with Gasteiger partial charge in [0.05, 0.1) is 15.7 Å². The van der Waals surface area contributed by atoms with Crippen molar-refractivity contribution in [1.29, 1.82) is 0 Å². The Bertz CT molecular complexity index is 535. The van der Waals surface area contributed by atoms with Crippen LogP contribution in [-0.2, 0) is 0 Å². The summed E-state index contributed by atoms with van der Waals surface area (Å²) in [5, 5.41) is 1.96. The smallest absolute Gasteiger partial charge is 0.136 e. The monoisotopic (exact) mass is 270 g/mol. The number of aliphatic imine (C=N–C) groups is 1. The summed E-state index contributed by atoms with van der Waals surface area (Å²) < 4.78 is 4.14. The van der Waals surface area contributed by atoms with E-state index in [4.69, 9.17) is 23.2 Å². The van der Waals surface area contributed by atoms with Gasteiger partial charge in [0.2, 0.25) is 0 Å². The second-order valence-electron chi connectivity index (χ2n) is 3.24. The predicted molar refractivity (Wildman–Crippen MR) is 70.6 cm³/mol. The molecule has 82 valence electrons. The maximum Gasteiger partial charge on any atom is 0.136 e. The molecule has 0 saturated heterocycles. The molecule has 0 atom stereocenters. The molecule has 0 saturated carbocycles. The van der Waals surface area contributed by atoms with Crippen LogP contribution < -0.4 is 0 Å². The molecule has 5 heteroatoms. The van der Waals surface area contributed by atoms with Gasteiger partial charge < -0.3 is 0 Å². The zero-order chi connectivity index (χ0) is 11.5. The van der Waals surface area contributed by atoms with Crippen LogP contribution in [0.1, 0.15) is 11.3 Å². The van der Waals surface area contributed by atoms with Gasteiger partial charge >= 0.3 is 0 Å². The second kappa shape index (κ2) is 4.95. The van der Waals surface area contributed by atoms with Gasteiger partial charge in [-0.1, -0.05) is 29.3 Å². The summed E-state index contributed by atoms with van der Waals surface area (Å²) in [6.07, 6.45) is 1.75. The van der Waals surface area contributed by atoms with E-state index in [0.29, 0.717) is 10.0 Å². The van der Waals surface area contributed by atoms with Crippen LogP contribution in [0.2, 0.25) is 10.0 Å². The largest absolute Gasteiger partial charge is 0.244 e. The van der Waals surface area contributed by atoms with Crippen molar-refractivity contribution < 1.29 is 0 Å². The van der Waals surface area contributed by atoms with Gasteiger partial charge in [0.1, 0.15) is 5.00 Å². The SMILES string of the molecule is Cc1cc(/N=C/c2ccc(Cl)c(Cl)c2)sn1. The lowest BCUT2D eigenvalue weighted by molar-refractivity contribution is 1.34. The highest BCUT2D eigenvalue weighted by Crippen LogP contribution is 2.23. The topological polar surface area (TPSA) is 25.2 Å². The third kappa shape index (κ3) is 2.82. The number of rotatable bonds is 2. The molecule has 1 aromatic heterocycles. The molecule has 2 nitrogen and oxygen atoms in total. The summed E-state index contributed by atoms with van der Waals surface area (Å²) in [7, 11) is 0. The second-order valence-corrected chi connectivity index (χ2v) is 4.84. The molecular formula is C11H8Cl2N2S. The Balaban J connectivity index is 2.20. The third-order valence-electron chi connectivity index (χ3n) is 1.90. The van der Waals surface area contributed by atoms with E-state index in [2.05, 4.69) is 9.37 Å². The molecule has 0 spiro atoms. The van der Waals surface area contributed by atoms with Crippen LogP contribution in [0.5, 0.6) is 0 Å². The first-order valence-electron chi connectivity index (χ1n) is 4.57. The molecule has 16 heavy (non-hydrogen) atoms. The number of halogens is 2. The first-order valence-corrected chi connectivity index (χ1v) is 6.10. The minimum absolute atomic E-state index is 0.533. The first kappa shape index (κ1) is 11.6. The summed E-state index contributed by atoms with van der Waals surface area (Å²) in [5.74, 6) is 0. The number of aromatic nitrogens is 1. The average Bonchev–Trinajstić information content (AvgIpc) is 2.66. The summed E-state index contributed by atoms with van der Waals surface area (Å²) in [5.41, 5.74) is 1.90. The molecule has 1 heterocycles. The third-order valence-corrected chi connectivity index (χ3v) is 3.43. The highest BCUT2D eigenvalue weighted by Gasteiger charge is 1.98. The van der Waals surface area contributed by atoms with Crippen LogP contribution in [0.3, 0.4) is 0 Å². The Morgan fingerprint density at radius 2 is 2.06 bits per heavy atom. The van der Waals surface area contributed by atoms with Crippen molar-refractivity contribution in [2.24, 2.45) is 4.99 Å². The van der Waals surface area contributed by atoms with Crippen LogP contribution in [0.25, 0.3) is 0 Å². The predicted octanol–water partition coefficient (Wildman–Crippen LogP) is 4.51. The van der Waals surface area contributed by atoms with Crippen molar-refractivity contribution in [3.05, 3.63) is 45.6 Å². The van der Waals surface area contributed by atoms with Gasteiger partial charge in [-0.05, 0) is 42.2 Å². The lowest BCUT2D eigenvalue weighted by Gasteiger charge is -1.96. The fraction of sp³-hybridized carbons (Fsp3) is 0.0909. The van der Waals surface area contributed by atoms with Crippen molar-refractivity contribution in [2.75, 3.05) is 0 Å². The van der Waals surface area contributed by atoms with E-state index in [9.17, 15) is 0 Å². The number of hydrogen-bond donors (Lipinski definition) is 0. The van der Waals surface area contributed by atoms with E-state index in [1.54, 1.807) is 18.3 Å². The van der Waals surface area contributed by atoms with Crippen LogP contribution in [0, 0.1) is 6.92 Å².